The number of halogens is 5. The summed E-state index contributed by atoms with van der Waals surface area (Å²) in [4.78, 5) is 35.8. The SMILES string of the molecule is O=C(CCC(=O)OCC(=O)Nc1cccc(C(F)(F)F)c1)Nc1ccc(Oc2ccc(Cl)cc2Cl)cc1. The number of nitrogens with one attached hydrogen (secondary N) is 2. The molecule has 0 radical (unpaired) electrons. The molecule has 0 aliphatic heterocycles. The molecule has 3 aromatic rings. The first kappa shape index (κ1) is 27.8. The molecule has 0 atom stereocenters. The maximum atomic E-state index is 12.7. The van der Waals surface area contributed by atoms with Crippen LogP contribution in [-0.4, -0.2) is 24.4 Å². The maximum absolute atomic E-state index is 12.7. The quantitative estimate of drug-likeness (QED) is 0.287. The fourth-order valence-electron chi connectivity index (χ4n) is 2.92. The molecule has 0 spiro atoms. The first-order chi connectivity index (χ1) is 17.5. The summed E-state index contributed by atoms with van der Waals surface area (Å²) in [6, 6.07) is 15.2. The van der Waals surface area contributed by atoms with Crippen molar-refractivity contribution in [2.75, 3.05) is 17.2 Å². The first-order valence-electron chi connectivity index (χ1n) is 10.6. The fourth-order valence-corrected chi connectivity index (χ4v) is 3.37. The standard InChI is InChI=1S/C25H19Cl2F3N2O5/c26-16-4-9-21(20(27)13-16)37-19-7-5-17(6-8-19)31-22(33)10-11-24(35)36-14-23(34)32-18-3-1-2-15(12-18)25(28,29)30/h1-9,12-13H,10-11,14H2,(H,31,33)(H,32,34). The van der Waals surface area contributed by atoms with Gasteiger partial charge in [-0.05, 0) is 60.7 Å². The van der Waals surface area contributed by atoms with Gasteiger partial charge in [0.2, 0.25) is 5.91 Å². The summed E-state index contributed by atoms with van der Waals surface area (Å²) < 4.78 is 48.7. The minimum atomic E-state index is -4.56. The monoisotopic (exact) mass is 554 g/mol. The number of alkyl halides is 3. The Morgan fingerprint density at radius 3 is 2.19 bits per heavy atom. The summed E-state index contributed by atoms with van der Waals surface area (Å²) in [7, 11) is 0. The normalized spacial score (nSPS) is 10.9. The smallest absolute Gasteiger partial charge is 0.416 e. The lowest BCUT2D eigenvalue weighted by molar-refractivity contribution is -0.147. The van der Waals surface area contributed by atoms with Gasteiger partial charge < -0.3 is 20.1 Å². The molecule has 0 bridgehead atoms. The largest absolute Gasteiger partial charge is 0.456 e. The molecule has 0 saturated heterocycles. The molecular weight excluding hydrogens is 536 g/mol. The molecule has 0 aliphatic rings. The van der Waals surface area contributed by atoms with Gasteiger partial charge in [0.25, 0.3) is 5.91 Å². The number of hydrogen-bond acceptors (Lipinski definition) is 5. The van der Waals surface area contributed by atoms with Crippen molar-refractivity contribution in [2.45, 2.75) is 19.0 Å². The van der Waals surface area contributed by atoms with Crippen molar-refractivity contribution in [3.63, 3.8) is 0 Å². The highest BCUT2D eigenvalue weighted by Crippen LogP contribution is 2.32. The number of carbonyl (C=O) groups excluding carboxylic acids is 3. The number of amides is 2. The van der Waals surface area contributed by atoms with E-state index in [2.05, 4.69) is 10.6 Å². The molecule has 0 aliphatic carbocycles. The van der Waals surface area contributed by atoms with Crippen LogP contribution >= 0.6 is 23.2 Å². The van der Waals surface area contributed by atoms with Gasteiger partial charge in [-0.25, -0.2) is 0 Å². The van der Waals surface area contributed by atoms with Crippen LogP contribution in [0.2, 0.25) is 10.0 Å². The van der Waals surface area contributed by atoms with Crippen LogP contribution in [0.15, 0.2) is 66.7 Å². The number of carbonyl (C=O) groups is 3. The average molecular weight is 555 g/mol. The number of rotatable bonds is 9. The Morgan fingerprint density at radius 1 is 0.811 bits per heavy atom. The lowest BCUT2D eigenvalue weighted by Crippen LogP contribution is -2.22. The van der Waals surface area contributed by atoms with Crippen LogP contribution in [0.25, 0.3) is 0 Å². The topological polar surface area (TPSA) is 93.7 Å². The van der Waals surface area contributed by atoms with Gasteiger partial charge in [-0.15, -0.1) is 0 Å². The Hall–Kier alpha value is -3.76. The van der Waals surface area contributed by atoms with E-state index < -0.39 is 36.1 Å². The van der Waals surface area contributed by atoms with E-state index in [1.165, 1.54) is 6.07 Å². The number of ether oxygens (including phenoxy) is 2. The highest BCUT2D eigenvalue weighted by Gasteiger charge is 2.30. The van der Waals surface area contributed by atoms with Crippen LogP contribution in [0.1, 0.15) is 18.4 Å². The molecule has 0 fully saturated rings. The Morgan fingerprint density at radius 2 is 1.51 bits per heavy atom. The van der Waals surface area contributed by atoms with Crippen LogP contribution in [-0.2, 0) is 25.3 Å². The van der Waals surface area contributed by atoms with E-state index in [4.69, 9.17) is 32.7 Å². The number of benzene rings is 3. The fraction of sp³-hybridized carbons (Fsp3) is 0.160. The van der Waals surface area contributed by atoms with Crippen LogP contribution in [0.4, 0.5) is 24.5 Å². The summed E-state index contributed by atoms with van der Waals surface area (Å²) >= 11 is 11.9. The highest BCUT2D eigenvalue weighted by molar-refractivity contribution is 6.35. The molecule has 12 heteroatoms. The van der Waals surface area contributed by atoms with Crippen molar-refractivity contribution in [3.8, 4) is 11.5 Å². The van der Waals surface area contributed by atoms with Gasteiger partial charge in [0.05, 0.1) is 17.0 Å². The number of esters is 1. The van der Waals surface area contributed by atoms with Gasteiger partial charge in [-0.3, -0.25) is 14.4 Å². The van der Waals surface area contributed by atoms with E-state index in [9.17, 15) is 27.6 Å². The molecule has 194 valence electrons. The summed E-state index contributed by atoms with van der Waals surface area (Å²) in [5.41, 5.74) is -0.572. The second-order valence-electron chi connectivity index (χ2n) is 7.54. The van der Waals surface area contributed by atoms with Crippen molar-refractivity contribution >= 4 is 52.4 Å². The second kappa shape index (κ2) is 12.5. The van der Waals surface area contributed by atoms with Crippen molar-refractivity contribution in [1.29, 1.82) is 0 Å². The van der Waals surface area contributed by atoms with Crippen molar-refractivity contribution in [2.24, 2.45) is 0 Å². The molecule has 3 rings (SSSR count). The van der Waals surface area contributed by atoms with E-state index >= 15 is 0 Å². The van der Waals surface area contributed by atoms with Gasteiger partial charge in [0.15, 0.2) is 6.61 Å². The van der Waals surface area contributed by atoms with E-state index in [0.29, 0.717) is 27.2 Å². The van der Waals surface area contributed by atoms with Crippen LogP contribution in [0.3, 0.4) is 0 Å². The zero-order valence-electron chi connectivity index (χ0n) is 18.9. The van der Waals surface area contributed by atoms with Crippen LogP contribution < -0.4 is 15.4 Å². The molecule has 2 amide bonds. The molecule has 37 heavy (non-hydrogen) atoms. The van der Waals surface area contributed by atoms with Gasteiger partial charge in [0.1, 0.15) is 11.5 Å². The predicted molar refractivity (Wildman–Crippen MR) is 132 cm³/mol. The Bertz CT molecular complexity index is 1280. The van der Waals surface area contributed by atoms with Crippen molar-refractivity contribution in [3.05, 3.63) is 82.3 Å². The van der Waals surface area contributed by atoms with E-state index in [1.807, 2.05) is 0 Å². The summed E-state index contributed by atoms with van der Waals surface area (Å²) in [6.07, 6.45) is -5.08. The molecule has 2 N–H and O–H groups in total. The summed E-state index contributed by atoms with van der Waals surface area (Å²) in [5, 5.41) is 5.63. The molecular formula is C25H19Cl2F3N2O5. The zero-order chi connectivity index (χ0) is 27.0. The van der Waals surface area contributed by atoms with Gasteiger partial charge in [0, 0.05) is 22.8 Å². The lowest BCUT2D eigenvalue weighted by Gasteiger charge is -2.10. The van der Waals surface area contributed by atoms with Crippen molar-refractivity contribution in [1.82, 2.24) is 0 Å². The first-order valence-corrected chi connectivity index (χ1v) is 11.4. The van der Waals surface area contributed by atoms with Gasteiger partial charge in [-0.2, -0.15) is 13.2 Å². The minimum Gasteiger partial charge on any atom is -0.456 e. The molecule has 3 aromatic carbocycles. The number of hydrogen-bond donors (Lipinski definition) is 2. The third-order valence-electron chi connectivity index (χ3n) is 4.65. The Labute approximate surface area is 219 Å². The molecule has 7 nitrogen and oxygen atoms in total. The van der Waals surface area contributed by atoms with Gasteiger partial charge >= 0.3 is 12.1 Å². The third-order valence-corrected chi connectivity index (χ3v) is 5.18. The third kappa shape index (κ3) is 9.00. The average Bonchev–Trinajstić information content (AvgIpc) is 2.84. The Kier molecular flexibility index (Phi) is 9.37. The van der Waals surface area contributed by atoms with Crippen molar-refractivity contribution < 1.29 is 37.0 Å². The van der Waals surface area contributed by atoms with E-state index in [-0.39, 0.29) is 18.5 Å². The summed E-state index contributed by atoms with van der Waals surface area (Å²) in [6.45, 7) is -0.713. The van der Waals surface area contributed by atoms with Crippen LogP contribution in [0.5, 0.6) is 11.5 Å². The maximum Gasteiger partial charge on any atom is 0.416 e. The van der Waals surface area contributed by atoms with Crippen LogP contribution in [0, 0.1) is 0 Å². The van der Waals surface area contributed by atoms with Gasteiger partial charge in [-0.1, -0.05) is 29.3 Å². The lowest BCUT2D eigenvalue weighted by atomic mass is 10.2. The summed E-state index contributed by atoms with van der Waals surface area (Å²) in [5.74, 6) is -1.24. The molecule has 0 aromatic heterocycles. The minimum absolute atomic E-state index is 0.0945. The second-order valence-corrected chi connectivity index (χ2v) is 8.38. The van der Waals surface area contributed by atoms with E-state index in [1.54, 1.807) is 42.5 Å². The molecule has 0 unspecified atom stereocenters. The zero-order valence-corrected chi connectivity index (χ0v) is 20.4. The number of anilines is 2. The van der Waals surface area contributed by atoms with E-state index in [0.717, 1.165) is 18.2 Å². The Balaban J connectivity index is 1.39. The molecule has 0 saturated carbocycles. The molecule has 0 heterocycles. The highest BCUT2D eigenvalue weighted by atomic mass is 35.5. The predicted octanol–water partition coefficient (Wildman–Crippen LogP) is 6.71.